The van der Waals surface area contributed by atoms with E-state index in [0.717, 1.165) is 44.3 Å². The first-order chi connectivity index (χ1) is 13.6. The van der Waals surface area contributed by atoms with Crippen molar-refractivity contribution in [2.24, 2.45) is 0 Å². The van der Waals surface area contributed by atoms with Gasteiger partial charge in [-0.2, -0.15) is 0 Å². The predicted molar refractivity (Wildman–Crippen MR) is 106 cm³/mol. The molecule has 1 atom stereocenters. The van der Waals surface area contributed by atoms with Gasteiger partial charge in [-0.3, -0.25) is 4.40 Å². The summed E-state index contributed by atoms with van der Waals surface area (Å²) >= 11 is 0. The van der Waals surface area contributed by atoms with Crippen LogP contribution in [0.25, 0.3) is 16.8 Å². The summed E-state index contributed by atoms with van der Waals surface area (Å²) in [5, 5.41) is 22.6. The summed E-state index contributed by atoms with van der Waals surface area (Å²) in [4.78, 5) is 2.27. The molecule has 3 aromatic rings. The number of halogens is 1. The average molecular weight is 381 g/mol. The van der Waals surface area contributed by atoms with Gasteiger partial charge in [0.1, 0.15) is 17.0 Å². The number of rotatable bonds is 4. The van der Waals surface area contributed by atoms with Gasteiger partial charge in [0.2, 0.25) is 5.95 Å². The number of fused-ring (bicyclic) bond motifs is 1. The number of phenols is 1. The molecule has 0 bridgehead atoms. The summed E-state index contributed by atoms with van der Waals surface area (Å²) in [6.07, 6.45) is 6.14. The Morgan fingerprint density at radius 3 is 2.79 bits per heavy atom. The van der Waals surface area contributed by atoms with Crippen LogP contribution in [0.3, 0.4) is 0 Å². The Kier molecular flexibility index (Phi) is 4.19. The third-order valence-corrected chi connectivity index (χ3v) is 5.82. The number of hydrogen-bond acceptors (Lipinski definition) is 5. The summed E-state index contributed by atoms with van der Waals surface area (Å²) in [5.41, 5.74) is 2.31. The number of aromatic nitrogens is 3. The van der Waals surface area contributed by atoms with Gasteiger partial charge in [0, 0.05) is 24.3 Å². The number of anilines is 1. The molecule has 0 amide bonds. The molecule has 1 aliphatic carbocycles. The Morgan fingerprint density at radius 2 is 2.04 bits per heavy atom. The molecule has 1 saturated heterocycles. The predicted octanol–water partition coefficient (Wildman–Crippen LogP) is 3.62. The van der Waals surface area contributed by atoms with E-state index in [0.29, 0.717) is 28.6 Å². The molecular weight excluding hydrogens is 357 g/mol. The Bertz CT molecular complexity index is 1030. The number of phenolic OH excluding ortho intramolecular Hbond substituents is 1. The Morgan fingerprint density at radius 1 is 1.18 bits per heavy atom. The molecule has 28 heavy (non-hydrogen) atoms. The van der Waals surface area contributed by atoms with Crippen molar-refractivity contribution in [1.29, 1.82) is 0 Å². The van der Waals surface area contributed by atoms with Gasteiger partial charge < -0.3 is 15.3 Å². The Balaban J connectivity index is 1.53. The molecular formula is C21H24FN5O. The maximum atomic E-state index is 14.7. The normalized spacial score (nSPS) is 20.6. The molecule has 1 saturated carbocycles. The maximum absolute atomic E-state index is 14.7. The Labute approximate surface area is 163 Å². The molecule has 146 valence electrons. The topological polar surface area (TPSA) is 65.7 Å². The lowest BCUT2D eigenvalue weighted by Crippen LogP contribution is -2.40. The van der Waals surface area contributed by atoms with Gasteiger partial charge in [-0.25, -0.2) is 4.39 Å². The Hall–Kier alpha value is -2.67. The highest BCUT2D eigenvalue weighted by Gasteiger charge is 2.26. The fourth-order valence-electron chi connectivity index (χ4n) is 4.17. The van der Waals surface area contributed by atoms with E-state index in [1.165, 1.54) is 6.07 Å². The third kappa shape index (κ3) is 3.09. The van der Waals surface area contributed by atoms with Gasteiger partial charge in [-0.15, -0.1) is 10.2 Å². The van der Waals surface area contributed by atoms with Crippen molar-refractivity contribution in [2.45, 2.75) is 37.6 Å². The highest BCUT2D eigenvalue weighted by atomic mass is 19.1. The summed E-state index contributed by atoms with van der Waals surface area (Å²) in [5.74, 6) is 0.809. The molecule has 0 spiro atoms. The number of likely N-dealkylation sites (tertiary alicyclic amines) is 1. The van der Waals surface area contributed by atoms with Crippen LogP contribution in [0.1, 0.15) is 37.2 Å². The second-order valence-electron chi connectivity index (χ2n) is 8.05. The zero-order chi connectivity index (χ0) is 19.3. The van der Waals surface area contributed by atoms with Crippen LogP contribution in [0.2, 0.25) is 0 Å². The average Bonchev–Trinajstić information content (AvgIpc) is 3.45. The van der Waals surface area contributed by atoms with Crippen LogP contribution in [0.5, 0.6) is 5.75 Å². The van der Waals surface area contributed by atoms with Gasteiger partial charge in [0.05, 0.1) is 0 Å². The molecule has 6 nitrogen and oxygen atoms in total. The molecule has 2 aliphatic rings. The number of likely N-dealkylation sites (N-methyl/N-ethyl adjacent to an activating group) is 1. The van der Waals surface area contributed by atoms with E-state index in [-0.39, 0.29) is 17.6 Å². The van der Waals surface area contributed by atoms with Crippen molar-refractivity contribution >= 4 is 11.5 Å². The first-order valence-corrected chi connectivity index (χ1v) is 9.92. The van der Waals surface area contributed by atoms with Gasteiger partial charge in [-0.05, 0) is 69.0 Å². The molecule has 0 unspecified atom stereocenters. The molecule has 2 N–H and O–H groups in total. The van der Waals surface area contributed by atoms with E-state index in [9.17, 15) is 9.50 Å². The van der Waals surface area contributed by atoms with E-state index in [1.807, 2.05) is 12.1 Å². The van der Waals surface area contributed by atoms with Crippen LogP contribution in [0, 0.1) is 5.82 Å². The molecule has 7 heteroatoms. The molecule has 2 aromatic heterocycles. The number of nitrogens with zero attached hydrogens (tertiary/aromatic N) is 4. The lowest BCUT2D eigenvalue weighted by atomic mass is 10.0. The van der Waals surface area contributed by atoms with Crippen LogP contribution in [0.15, 0.2) is 30.5 Å². The van der Waals surface area contributed by atoms with Crippen LogP contribution in [-0.2, 0) is 0 Å². The summed E-state index contributed by atoms with van der Waals surface area (Å²) < 4.78 is 16.4. The largest absolute Gasteiger partial charge is 0.507 e. The van der Waals surface area contributed by atoms with E-state index < -0.39 is 0 Å². The summed E-state index contributed by atoms with van der Waals surface area (Å²) in [6, 6.07) is 7.25. The van der Waals surface area contributed by atoms with Gasteiger partial charge in [0.25, 0.3) is 0 Å². The van der Waals surface area contributed by atoms with Crippen LogP contribution < -0.4 is 5.32 Å². The van der Waals surface area contributed by atoms with Crippen LogP contribution in [-0.4, -0.2) is 50.8 Å². The van der Waals surface area contributed by atoms with Gasteiger partial charge in [-0.1, -0.05) is 6.07 Å². The highest BCUT2D eigenvalue weighted by Crippen LogP contribution is 2.43. The maximum Gasteiger partial charge on any atom is 0.228 e. The van der Waals surface area contributed by atoms with Crippen LogP contribution >= 0.6 is 0 Å². The number of nitrogens with one attached hydrogen (secondary N) is 1. The monoisotopic (exact) mass is 381 g/mol. The molecule has 0 radical (unpaired) electrons. The van der Waals surface area contributed by atoms with Crippen molar-refractivity contribution in [3.63, 3.8) is 0 Å². The van der Waals surface area contributed by atoms with Crippen molar-refractivity contribution in [3.8, 4) is 17.0 Å². The molecule has 2 fully saturated rings. The SMILES string of the molecule is CN1CCC[C@@H](Nc2nnc(-c3ccc(C4CC4)cc3O)c3c(F)ccn23)C1. The standard InChI is InChI=1S/C21H24FN5O/c1-26-9-2-3-15(12-26)23-21-25-24-19(20-17(22)8-10-27(20)21)16-7-6-14(11-18(16)28)13-4-5-13/h6-8,10-11,13,15,28H,2-5,9,12H2,1H3,(H,23,25)/t15-/m1/s1. The van der Waals surface area contributed by atoms with E-state index in [4.69, 9.17) is 0 Å². The zero-order valence-electron chi connectivity index (χ0n) is 15.9. The summed E-state index contributed by atoms with van der Waals surface area (Å²) in [6.45, 7) is 2.00. The number of piperidine rings is 1. The lowest BCUT2D eigenvalue weighted by Gasteiger charge is -2.30. The fraction of sp³-hybridized carbons (Fsp3) is 0.429. The van der Waals surface area contributed by atoms with Gasteiger partial charge >= 0.3 is 0 Å². The number of aromatic hydroxyl groups is 1. The quantitative estimate of drug-likeness (QED) is 0.723. The smallest absolute Gasteiger partial charge is 0.228 e. The van der Waals surface area contributed by atoms with E-state index in [2.05, 4.69) is 27.5 Å². The van der Waals surface area contributed by atoms with Gasteiger partial charge in [0.15, 0.2) is 5.82 Å². The second-order valence-corrected chi connectivity index (χ2v) is 8.05. The van der Waals surface area contributed by atoms with Crippen molar-refractivity contribution in [3.05, 3.63) is 41.8 Å². The molecule has 1 aromatic carbocycles. The first-order valence-electron chi connectivity index (χ1n) is 9.92. The van der Waals surface area contributed by atoms with Crippen molar-refractivity contribution < 1.29 is 9.50 Å². The minimum Gasteiger partial charge on any atom is -0.507 e. The highest BCUT2D eigenvalue weighted by molar-refractivity contribution is 5.82. The van der Waals surface area contributed by atoms with E-state index in [1.54, 1.807) is 16.7 Å². The van der Waals surface area contributed by atoms with Crippen molar-refractivity contribution in [2.75, 3.05) is 25.5 Å². The minimum absolute atomic E-state index is 0.121. The lowest BCUT2D eigenvalue weighted by molar-refractivity contribution is 0.260. The first kappa shape index (κ1) is 17.4. The fourth-order valence-corrected chi connectivity index (χ4v) is 4.17. The molecule has 1 aliphatic heterocycles. The minimum atomic E-state index is -0.376. The second kappa shape index (κ2) is 6.74. The molecule has 5 rings (SSSR count). The van der Waals surface area contributed by atoms with Crippen molar-refractivity contribution in [1.82, 2.24) is 19.5 Å². The number of hydrogen-bond donors (Lipinski definition) is 2. The third-order valence-electron chi connectivity index (χ3n) is 5.82. The summed E-state index contributed by atoms with van der Waals surface area (Å²) in [7, 11) is 2.10. The number of benzene rings is 1. The molecule has 3 heterocycles. The van der Waals surface area contributed by atoms with E-state index >= 15 is 0 Å². The van der Waals surface area contributed by atoms with Crippen LogP contribution in [0.4, 0.5) is 10.3 Å². The zero-order valence-corrected chi connectivity index (χ0v) is 15.9.